The summed E-state index contributed by atoms with van der Waals surface area (Å²) in [6.45, 7) is 3.41. The maximum absolute atomic E-state index is 10.7. The van der Waals surface area contributed by atoms with E-state index in [9.17, 15) is 4.79 Å². The number of rotatable bonds is 3. The second kappa shape index (κ2) is 4.52. The minimum Gasteiger partial charge on any atom is -0.465 e. The van der Waals surface area contributed by atoms with Gasteiger partial charge in [-0.25, -0.2) is 0 Å². The van der Waals surface area contributed by atoms with Gasteiger partial charge in [0, 0.05) is 0 Å². The zero-order chi connectivity index (χ0) is 8.15. The summed E-state index contributed by atoms with van der Waals surface area (Å²) in [5, 5.41) is 7.84. The Labute approximate surface area is 64.9 Å². The van der Waals surface area contributed by atoms with Gasteiger partial charge in [-0.3, -0.25) is 4.79 Å². The molecule has 2 atom stereocenters. The van der Waals surface area contributed by atoms with Crippen molar-refractivity contribution in [3.8, 4) is 0 Å². The van der Waals surface area contributed by atoms with Crippen LogP contribution >= 0.6 is 11.6 Å². The van der Waals surface area contributed by atoms with Crippen molar-refractivity contribution in [1.29, 1.82) is 0 Å². The molecule has 0 aliphatic carbocycles. The highest BCUT2D eigenvalue weighted by Crippen LogP contribution is 2.04. The Balaban J connectivity index is 3.71. The molecule has 60 valence electrons. The number of hydrogen-bond donors (Lipinski definition) is 1. The lowest BCUT2D eigenvalue weighted by molar-refractivity contribution is -0.144. The molecule has 0 saturated heterocycles. The van der Waals surface area contributed by atoms with Crippen LogP contribution in [-0.4, -0.2) is 29.2 Å². The van der Waals surface area contributed by atoms with Crippen LogP contribution in [0.25, 0.3) is 0 Å². The summed E-state index contributed by atoms with van der Waals surface area (Å²) in [5.41, 5.74) is 0. The van der Waals surface area contributed by atoms with Gasteiger partial charge >= 0.3 is 5.97 Å². The third-order valence-corrected chi connectivity index (χ3v) is 1.48. The van der Waals surface area contributed by atoms with E-state index in [-0.39, 0.29) is 6.61 Å². The van der Waals surface area contributed by atoms with Gasteiger partial charge in [0.05, 0.1) is 12.7 Å². The first kappa shape index (κ1) is 9.72. The monoisotopic (exact) mass is 166 g/mol. The van der Waals surface area contributed by atoms with Crippen LogP contribution in [0.3, 0.4) is 0 Å². The summed E-state index contributed by atoms with van der Waals surface area (Å²) in [6.07, 6.45) is -0.860. The minimum atomic E-state index is -0.944. The molecule has 0 saturated carbocycles. The van der Waals surface area contributed by atoms with Crippen molar-refractivity contribution in [2.24, 2.45) is 0 Å². The van der Waals surface area contributed by atoms with Gasteiger partial charge in [0.15, 0.2) is 5.38 Å². The fourth-order valence-corrected chi connectivity index (χ4v) is 0.482. The molecule has 0 spiro atoms. The fourth-order valence-electron chi connectivity index (χ4n) is 0.419. The first-order chi connectivity index (χ1) is 4.59. The normalized spacial score (nSPS) is 16.0. The average Bonchev–Trinajstić information content (AvgIpc) is 1.87. The van der Waals surface area contributed by atoms with E-state index in [1.54, 1.807) is 6.92 Å². The predicted molar refractivity (Wildman–Crippen MR) is 38.0 cm³/mol. The lowest BCUT2D eigenvalue weighted by Crippen LogP contribution is -2.28. The zero-order valence-electron chi connectivity index (χ0n) is 6.00. The highest BCUT2D eigenvalue weighted by molar-refractivity contribution is 6.30. The fraction of sp³-hybridized carbons (Fsp3) is 0.833. The standard InChI is InChI=1S/C6H11ClO3/c1-3-10-6(9)5(7)4(2)8/h4-5,8H,3H2,1-2H3/t4?,5-/m0/s1. The number of ether oxygens (including phenoxy) is 1. The van der Waals surface area contributed by atoms with Gasteiger partial charge in [0.1, 0.15) is 0 Å². The second-order valence-electron chi connectivity index (χ2n) is 1.89. The van der Waals surface area contributed by atoms with Crippen molar-refractivity contribution in [1.82, 2.24) is 0 Å². The van der Waals surface area contributed by atoms with Crippen molar-refractivity contribution in [2.75, 3.05) is 6.61 Å². The van der Waals surface area contributed by atoms with Crippen LogP contribution in [0.5, 0.6) is 0 Å². The summed E-state index contributed by atoms with van der Waals surface area (Å²) in [6, 6.07) is 0. The van der Waals surface area contributed by atoms with Gasteiger partial charge in [0.2, 0.25) is 0 Å². The van der Waals surface area contributed by atoms with Gasteiger partial charge in [0.25, 0.3) is 0 Å². The molecule has 0 radical (unpaired) electrons. The lowest BCUT2D eigenvalue weighted by Gasteiger charge is -2.09. The summed E-state index contributed by atoms with van der Waals surface area (Å²) in [7, 11) is 0. The highest BCUT2D eigenvalue weighted by Gasteiger charge is 2.21. The quantitative estimate of drug-likeness (QED) is 0.492. The molecule has 0 bridgehead atoms. The number of hydrogen-bond acceptors (Lipinski definition) is 3. The number of esters is 1. The van der Waals surface area contributed by atoms with Crippen molar-refractivity contribution in [3.05, 3.63) is 0 Å². The third kappa shape index (κ3) is 3.03. The van der Waals surface area contributed by atoms with E-state index in [0.29, 0.717) is 0 Å². The molecule has 3 nitrogen and oxygen atoms in total. The Morgan fingerprint density at radius 1 is 1.80 bits per heavy atom. The van der Waals surface area contributed by atoms with E-state index in [4.69, 9.17) is 16.7 Å². The summed E-state index contributed by atoms with van der Waals surface area (Å²) in [5.74, 6) is -0.570. The average molecular weight is 167 g/mol. The molecule has 0 aromatic carbocycles. The molecule has 0 fully saturated rings. The summed E-state index contributed by atoms with van der Waals surface area (Å²) < 4.78 is 4.53. The second-order valence-corrected chi connectivity index (χ2v) is 2.36. The summed E-state index contributed by atoms with van der Waals surface area (Å²) in [4.78, 5) is 10.7. The van der Waals surface area contributed by atoms with Crippen LogP contribution in [0.15, 0.2) is 0 Å². The first-order valence-corrected chi connectivity index (χ1v) is 3.52. The topological polar surface area (TPSA) is 46.5 Å². The molecule has 0 aromatic rings. The molecule has 1 unspecified atom stereocenters. The van der Waals surface area contributed by atoms with Gasteiger partial charge in [-0.15, -0.1) is 11.6 Å². The summed E-state index contributed by atoms with van der Waals surface area (Å²) >= 11 is 5.42. The van der Waals surface area contributed by atoms with E-state index in [1.165, 1.54) is 6.92 Å². The highest BCUT2D eigenvalue weighted by atomic mass is 35.5. The Morgan fingerprint density at radius 3 is 2.60 bits per heavy atom. The van der Waals surface area contributed by atoms with Crippen molar-refractivity contribution < 1.29 is 14.6 Å². The van der Waals surface area contributed by atoms with E-state index in [2.05, 4.69) is 4.74 Å². The molecule has 0 aromatic heterocycles. The predicted octanol–water partition coefficient (Wildman–Crippen LogP) is 0.538. The molecule has 0 rings (SSSR count). The number of carbonyl (C=O) groups is 1. The molecule has 1 N–H and O–H groups in total. The third-order valence-electron chi connectivity index (χ3n) is 0.935. The van der Waals surface area contributed by atoms with Crippen molar-refractivity contribution in [3.63, 3.8) is 0 Å². The Morgan fingerprint density at radius 2 is 2.30 bits per heavy atom. The SMILES string of the molecule is CCOC(=O)[C@@H](Cl)C(C)O. The maximum Gasteiger partial charge on any atom is 0.326 e. The van der Waals surface area contributed by atoms with Crippen LogP contribution < -0.4 is 0 Å². The van der Waals surface area contributed by atoms with E-state index in [0.717, 1.165) is 0 Å². The minimum absolute atomic E-state index is 0.286. The number of carbonyl (C=O) groups excluding carboxylic acids is 1. The van der Waals surface area contributed by atoms with Crippen LogP contribution in [0, 0.1) is 0 Å². The van der Waals surface area contributed by atoms with Crippen LogP contribution in [0.1, 0.15) is 13.8 Å². The van der Waals surface area contributed by atoms with Crippen LogP contribution in [0.2, 0.25) is 0 Å². The number of alkyl halides is 1. The lowest BCUT2D eigenvalue weighted by atomic mass is 10.3. The first-order valence-electron chi connectivity index (χ1n) is 3.08. The van der Waals surface area contributed by atoms with Gasteiger partial charge in [-0.05, 0) is 13.8 Å². The van der Waals surface area contributed by atoms with E-state index in [1.807, 2.05) is 0 Å². The van der Waals surface area contributed by atoms with Crippen LogP contribution in [-0.2, 0) is 9.53 Å². The number of aliphatic hydroxyl groups excluding tert-OH is 1. The zero-order valence-corrected chi connectivity index (χ0v) is 6.76. The van der Waals surface area contributed by atoms with Crippen molar-refractivity contribution >= 4 is 17.6 Å². The molecule has 10 heavy (non-hydrogen) atoms. The van der Waals surface area contributed by atoms with Gasteiger partial charge in [-0.1, -0.05) is 0 Å². The maximum atomic E-state index is 10.7. The van der Waals surface area contributed by atoms with Crippen LogP contribution in [0.4, 0.5) is 0 Å². The smallest absolute Gasteiger partial charge is 0.326 e. The Kier molecular flexibility index (Phi) is 4.40. The number of halogens is 1. The largest absolute Gasteiger partial charge is 0.465 e. The molecular formula is C6H11ClO3. The molecular weight excluding hydrogens is 156 g/mol. The Hall–Kier alpha value is -0.280. The molecule has 4 heteroatoms. The van der Waals surface area contributed by atoms with Crippen molar-refractivity contribution in [2.45, 2.75) is 25.3 Å². The molecule has 0 amide bonds. The molecule has 0 heterocycles. The number of aliphatic hydroxyl groups is 1. The van der Waals surface area contributed by atoms with E-state index < -0.39 is 17.5 Å². The molecule has 0 aliphatic heterocycles. The van der Waals surface area contributed by atoms with E-state index >= 15 is 0 Å². The molecule has 0 aliphatic rings. The van der Waals surface area contributed by atoms with Gasteiger partial charge < -0.3 is 9.84 Å². The Bertz CT molecular complexity index is 114. The van der Waals surface area contributed by atoms with Gasteiger partial charge in [-0.2, -0.15) is 0 Å².